The molecule has 1 aromatic rings. The molecule has 0 saturated heterocycles. The lowest BCUT2D eigenvalue weighted by Crippen LogP contribution is -2.41. The van der Waals surface area contributed by atoms with Gasteiger partial charge in [-0.3, -0.25) is 0 Å². The summed E-state index contributed by atoms with van der Waals surface area (Å²) in [5.74, 6) is 0.666. The Morgan fingerprint density at radius 3 is 1.67 bits per heavy atom. The lowest BCUT2D eigenvalue weighted by Gasteiger charge is -2.33. The molecule has 1 rings (SSSR count). The van der Waals surface area contributed by atoms with Crippen LogP contribution in [0.15, 0.2) is 12.1 Å². The van der Waals surface area contributed by atoms with Crippen molar-refractivity contribution in [3.63, 3.8) is 0 Å². The minimum absolute atomic E-state index is 0.0430. The molecule has 0 aromatic heterocycles. The standard InChI is InChI=1S/C20H36O8P2/c1-14-8-15(18(2,3)4)9-16(19(5,6)7)17(14)26-11-20(10-21,12-27-29(22)23)13-28-30(24)25/h8-9,21-25H,10-13H2,1-7H3. The Hall–Kier alpha value is -0.400. The average molecular weight is 466 g/mol. The van der Waals surface area contributed by atoms with Gasteiger partial charge in [-0.25, -0.2) is 0 Å². The van der Waals surface area contributed by atoms with E-state index >= 15 is 0 Å². The highest BCUT2D eigenvalue weighted by Gasteiger charge is 2.35. The molecular formula is C20H36O8P2. The van der Waals surface area contributed by atoms with Crippen LogP contribution in [0.3, 0.4) is 0 Å². The molecule has 8 nitrogen and oxygen atoms in total. The molecule has 0 amide bonds. The molecule has 0 atom stereocenters. The highest BCUT2D eigenvalue weighted by Crippen LogP contribution is 2.40. The van der Waals surface area contributed by atoms with E-state index in [1.807, 2.05) is 6.92 Å². The van der Waals surface area contributed by atoms with E-state index in [4.69, 9.17) is 33.4 Å². The van der Waals surface area contributed by atoms with E-state index < -0.39 is 29.2 Å². The van der Waals surface area contributed by atoms with E-state index in [9.17, 15) is 5.11 Å². The molecule has 5 N–H and O–H groups in total. The molecule has 174 valence electrons. The zero-order chi connectivity index (χ0) is 23.3. The summed E-state index contributed by atoms with van der Waals surface area (Å²) in [6.07, 6.45) is 0. The van der Waals surface area contributed by atoms with Crippen molar-refractivity contribution in [2.75, 3.05) is 26.4 Å². The van der Waals surface area contributed by atoms with Crippen LogP contribution in [0.2, 0.25) is 0 Å². The molecule has 1 aromatic carbocycles. The van der Waals surface area contributed by atoms with Crippen molar-refractivity contribution in [3.05, 3.63) is 28.8 Å². The summed E-state index contributed by atoms with van der Waals surface area (Å²) < 4.78 is 16.0. The molecule has 0 radical (unpaired) electrons. The third-order valence-corrected chi connectivity index (χ3v) is 5.50. The van der Waals surface area contributed by atoms with Crippen LogP contribution < -0.4 is 4.74 Å². The number of rotatable bonds is 10. The van der Waals surface area contributed by atoms with Gasteiger partial charge < -0.3 is 38.5 Å². The fourth-order valence-corrected chi connectivity index (χ4v) is 3.61. The quantitative estimate of drug-likeness (QED) is 0.332. The SMILES string of the molecule is Cc1cc(C(C)(C)C)cc(C(C)(C)C)c1OCC(CO)(COP(O)O)COP(O)O. The van der Waals surface area contributed by atoms with Gasteiger partial charge in [-0.15, -0.1) is 0 Å². The second kappa shape index (κ2) is 11.0. The van der Waals surface area contributed by atoms with Crippen LogP contribution in [-0.2, 0) is 19.9 Å². The molecule has 0 fully saturated rings. The maximum atomic E-state index is 9.98. The fraction of sp³-hybridized carbons (Fsp3) is 0.700. The number of aliphatic hydroxyl groups is 1. The predicted octanol–water partition coefficient (Wildman–Crippen LogP) is 3.40. The van der Waals surface area contributed by atoms with Crippen LogP contribution in [0.1, 0.15) is 58.2 Å². The summed E-state index contributed by atoms with van der Waals surface area (Å²) in [6, 6.07) is 4.19. The molecule has 30 heavy (non-hydrogen) atoms. The minimum atomic E-state index is -2.65. The Balaban J connectivity index is 3.29. The predicted molar refractivity (Wildman–Crippen MR) is 118 cm³/mol. The Labute approximate surface area is 181 Å². The highest BCUT2D eigenvalue weighted by atomic mass is 31.2. The lowest BCUT2D eigenvalue weighted by atomic mass is 9.79. The normalized spacial score (nSPS) is 13.4. The van der Waals surface area contributed by atoms with Crippen molar-refractivity contribution < 1.29 is 38.5 Å². The summed E-state index contributed by atoms with van der Waals surface area (Å²) in [5.41, 5.74) is 1.62. The van der Waals surface area contributed by atoms with E-state index in [2.05, 4.69) is 53.7 Å². The van der Waals surface area contributed by atoms with Gasteiger partial charge in [-0.05, 0) is 28.9 Å². The number of aliphatic hydroxyl groups excluding tert-OH is 1. The monoisotopic (exact) mass is 466 g/mol. The smallest absolute Gasteiger partial charge is 0.327 e. The van der Waals surface area contributed by atoms with Crippen molar-refractivity contribution in [2.45, 2.75) is 59.3 Å². The first-order valence-electron chi connectivity index (χ1n) is 9.62. The zero-order valence-corrected chi connectivity index (χ0v) is 20.6. The van der Waals surface area contributed by atoms with Gasteiger partial charge in [0.1, 0.15) is 12.4 Å². The topological polar surface area (TPSA) is 129 Å². The van der Waals surface area contributed by atoms with Crippen LogP contribution in [0, 0.1) is 12.3 Å². The number of aryl methyl sites for hydroxylation is 1. The Bertz CT molecular complexity index is 669. The fourth-order valence-electron chi connectivity index (χ4n) is 2.83. The van der Waals surface area contributed by atoms with Crippen LogP contribution in [0.25, 0.3) is 0 Å². The average Bonchev–Trinajstić information content (AvgIpc) is 2.60. The maximum absolute atomic E-state index is 9.98. The van der Waals surface area contributed by atoms with Crippen molar-refractivity contribution in [2.24, 2.45) is 5.41 Å². The van der Waals surface area contributed by atoms with Crippen LogP contribution in [0.5, 0.6) is 5.75 Å². The van der Waals surface area contributed by atoms with Gasteiger partial charge in [0.25, 0.3) is 0 Å². The Morgan fingerprint density at radius 1 is 0.800 bits per heavy atom. The summed E-state index contributed by atoms with van der Waals surface area (Å²) in [6.45, 7) is 13.5. The molecule has 0 saturated carbocycles. The molecule has 0 spiro atoms. The first-order chi connectivity index (χ1) is 13.6. The van der Waals surface area contributed by atoms with Gasteiger partial charge >= 0.3 is 17.2 Å². The Kier molecular flexibility index (Phi) is 10.1. The molecule has 0 aliphatic heterocycles. The van der Waals surface area contributed by atoms with E-state index in [1.165, 1.54) is 5.56 Å². The van der Waals surface area contributed by atoms with Gasteiger partial charge in [0, 0.05) is 5.56 Å². The molecule has 0 aliphatic carbocycles. The van der Waals surface area contributed by atoms with Gasteiger partial charge in [-0.2, -0.15) is 0 Å². The first-order valence-corrected chi connectivity index (χ1v) is 12.0. The second-order valence-corrected chi connectivity index (χ2v) is 11.2. The van der Waals surface area contributed by atoms with Crippen molar-refractivity contribution in [1.82, 2.24) is 0 Å². The van der Waals surface area contributed by atoms with Crippen LogP contribution in [0.4, 0.5) is 0 Å². The third kappa shape index (κ3) is 8.27. The van der Waals surface area contributed by atoms with E-state index in [0.717, 1.165) is 11.1 Å². The van der Waals surface area contributed by atoms with Crippen LogP contribution >= 0.6 is 17.2 Å². The minimum Gasteiger partial charge on any atom is -0.492 e. The summed E-state index contributed by atoms with van der Waals surface area (Å²) in [7, 11) is -5.30. The summed E-state index contributed by atoms with van der Waals surface area (Å²) >= 11 is 0. The Morgan fingerprint density at radius 2 is 1.30 bits per heavy atom. The molecule has 10 heteroatoms. The number of benzene rings is 1. The van der Waals surface area contributed by atoms with Gasteiger partial charge in [0.05, 0.1) is 25.2 Å². The molecule has 0 heterocycles. The van der Waals surface area contributed by atoms with E-state index in [0.29, 0.717) is 5.75 Å². The van der Waals surface area contributed by atoms with E-state index in [1.54, 1.807) is 0 Å². The molecular weight excluding hydrogens is 430 g/mol. The second-order valence-electron chi connectivity index (χ2n) is 9.67. The zero-order valence-electron chi connectivity index (χ0n) is 18.8. The third-order valence-electron chi connectivity index (χ3n) is 4.78. The van der Waals surface area contributed by atoms with E-state index in [-0.39, 0.29) is 30.7 Å². The van der Waals surface area contributed by atoms with Crippen LogP contribution in [-0.4, -0.2) is 51.1 Å². The number of ether oxygens (including phenoxy) is 1. The van der Waals surface area contributed by atoms with Gasteiger partial charge in [0.15, 0.2) is 0 Å². The molecule has 0 aliphatic rings. The summed E-state index contributed by atoms with van der Waals surface area (Å²) in [4.78, 5) is 36.5. The lowest BCUT2D eigenvalue weighted by molar-refractivity contribution is -0.0167. The largest absolute Gasteiger partial charge is 0.492 e. The van der Waals surface area contributed by atoms with Crippen molar-refractivity contribution >= 4 is 17.2 Å². The first kappa shape index (κ1) is 27.6. The molecule has 0 bridgehead atoms. The maximum Gasteiger partial charge on any atom is 0.327 e. The number of hydrogen-bond donors (Lipinski definition) is 5. The van der Waals surface area contributed by atoms with Crippen molar-refractivity contribution in [3.8, 4) is 5.75 Å². The van der Waals surface area contributed by atoms with Gasteiger partial charge in [-0.1, -0.05) is 53.7 Å². The van der Waals surface area contributed by atoms with Crippen molar-refractivity contribution in [1.29, 1.82) is 0 Å². The van der Waals surface area contributed by atoms with Gasteiger partial charge in [0.2, 0.25) is 0 Å². The number of hydrogen-bond acceptors (Lipinski definition) is 8. The highest BCUT2D eigenvalue weighted by molar-refractivity contribution is 7.39. The summed E-state index contributed by atoms with van der Waals surface area (Å²) in [5, 5.41) is 9.98. The molecule has 0 unspecified atom stereocenters.